The number of benzene rings is 3. The minimum atomic E-state index is -0.515. The summed E-state index contributed by atoms with van der Waals surface area (Å²) < 4.78 is 15.3. The summed E-state index contributed by atoms with van der Waals surface area (Å²) in [5, 5.41) is 16.1. The largest absolute Gasteiger partial charge is 0.392 e. The number of para-hydroxylation sites is 1. The van der Waals surface area contributed by atoms with Gasteiger partial charge in [-0.05, 0) is 85.1 Å². The zero-order valence-corrected chi connectivity index (χ0v) is 27.5. The van der Waals surface area contributed by atoms with Crippen LogP contribution in [0.4, 0.5) is 4.79 Å². The van der Waals surface area contributed by atoms with E-state index in [9.17, 15) is 9.90 Å². The van der Waals surface area contributed by atoms with Gasteiger partial charge in [0.1, 0.15) is 0 Å². The maximum absolute atomic E-state index is 13.0. The first-order valence-electron chi connectivity index (χ1n) is 16.6. The minimum absolute atomic E-state index is 0.00909. The van der Waals surface area contributed by atoms with Gasteiger partial charge in [-0.25, -0.2) is 9.78 Å². The summed E-state index contributed by atoms with van der Waals surface area (Å²) in [7, 11) is 0. The minimum Gasteiger partial charge on any atom is -0.392 e. The Morgan fingerprint density at radius 1 is 0.870 bits per heavy atom. The number of nitrogens with zero attached hydrogens (tertiary/aromatic N) is 1. The first kappa shape index (κ1) is 30.4. The van der Waals surface area contributed by atoms with E-state index in [4.69, 9.17) is 14.5 Å². The van der Waals surface area contributed by atoms with Gasteiger partial charge in [0.2, 0.25) is 0 Å². The molecule has 9 rings (SSSR count). The van der Waals surface area contributed by atoms with Gasteiger partial charge in [0.25, 0.3) is 0 Å². The predicted octanol–water partition coefficient (Wildman–Crippen LogP) is 7.89. The van der Waals surface area contributed by atoms with Crippen LogP contribution < -0.4 is 10.6 Å². The number of thioether (sulfide) groups is 1. The van der Waals surface area contributed by atoms with Crippen LogP contribution in [0.3, 0.4) is 0 Å². The van der Waals surface area contributed by atoms with Crippen molar-refractivity contribution in [2.45, 2.75) is 86.5 Å². The number of rotatable bonds is 9. The lowest BCUT2D eigenvalue weighted by molar-refractivity contribution is -0.245. The van der Waals surface area contributed by atoms with Crippen LogP contribution in [0.25, 0.3) is 10.2 Å². The lowest BCUT2D eigenvalue weighted by atomic mass is 9.53. The molecule has 5 aliphatic rings. The average molecular weight is 656 g/mol. The zero-order chi connectivity index (χ0) is 31.1. The van der Waals surface area contributed by atoms with Gasteiger partial charge in [-0.1, -0.05) is 72.4 Å². The predicted molar refractivity (Wildman–Crippen MR) is 181 cm³/mol. The van der Waals surface area contributed by atoms with Crippen molar-refractivity contribution in [1.82, 2.24) is 15.6 Å². The molecule has 9 heteroatoms. The van der Waals surface area contributed by atoms with Crippen molar-refractivity contribution in [2.75, 3.05) is 5.75 Å². The highest BCUT2D eigenvalue weighted by Gasteiger charge is 2.51. The van der Waals surface area contributed by atoms with E-state index in [2.05, 4.69) is 34.9 Å². The van der Waals surface area contributed by atoms with Gasteiger partial charge >= 0.3 is 6.03 Å². The number of carbonyl (C=O) groups is 1. The fraction of sp³-hybridized carbons (Fsp3) is 0.459. The van der Waals surface area contributed by atoms with Gasteiger partial charge in [0.15, 0.2) is 10.6 Å². The van der Waals surface area contributed by atoms with Crippen molar-refractivity contribution in [3.8, 4) is 0 Å². The van der Waals surface area contributed by atoms with Crippen molar-refractivity contribution < 1.29 is 19.4 Å². The van der Waals surface area contributed by atoms with E-state index in [1.54, 1.807) is 23.1 Å². The first-order valence-corrected chi connectivity index (χ1v) is 18.4. The van der Waals surface area contributed by atoms with Crippen LogP contribution in [0, 0.1) is 17.8 Å². The average Bonchev–Trinajstić information content (AvgIpc) is 3.49. The molecule has 1 saturated heterocycles. The van der Waals surface area contributed by atoms with E-state index in [1.807, 2.05) is 48.5 Å². The molecule has 4 aliphatic carbocycles. The molecule has 3 aromatic carbocycles. The fourth-order valence-electron chi connectivity index (χ4n) is 8.62. The highest BCUT2D eigenvalue weighted by molar-refractivity contribution is 8.01. The molecule has 2 amide bonds. The number of ether oxygens (including phenoxy) is 2. The topological polar surface area (TPSA) is 92.7 Å². The second-order valence-electron chi connectivity index (χ2n) is 13.9. The molecule has 7 nitrogen and oxygen atoms in total. The highest BCUT2D eigenvalue weighted by atomic mass is 32.2. The molecule has 2 heterocycles. The Morgan fingerprint density at radius 3 is 2.24 bits per heavy atom. The lowest BCUT2D eigenvalue weighted by Gasteiger charge is -2.56. The third kappa shape index (κ3) is 6.58. The normalized spacial score (nSPS) is 30.0. The molecular formula is C37H41N3O4S2. The number of fused-ring (bicyclic) bond motifs is 1. The number of thiazole rings is 1. The van der Waals surface area contributed by atoms with Gasteiger partial charge in [-0.2, -0.15) is 0 Å². The molecule has 0 spiro atoms. The number of aromatic nitrogens is 1. The summed E-state index contributed by atoms with van der Waals surface area (Å²) in [6, 6.07) is 24.4. The Labute approximate surface area is 278 Å². The Kier molecular flexibility index (Phi) is 8.54. The molecule has 3 unspecified atom stereocenters. The number of aliphatic hydroxyl groups is 1. The summed E-state index contributed by atoms with van der Waals surface area (Å²) in [5.41, 5.74) is 4.99. The lowest BCUT2D eigenvalue weighted by Crippen LogP contribution is -2.61. The molecule has 4 saturated carbocycles. The van der Waals surface area contributed by atoms with E-state index in [0.717, 1.165) is 81.3 Å². The third-order valence-corrected chi connectivity index (χ3v) is 12.7. The number of urea groups is 1. The number of nitrogens with one attached hydrogen (secondary N) is 2. The van der Waals surface area contributed by atoms with Crippen LogP contribution in [0.15, 0.2) is 77.1 Å². The molecule has 3 atom stereocenters. The Bertz CT molecular complexity index is 1610. The monoisotopic (exact) mass is 655 g/mol. The summed E-state index contributed by atoms with van der Waals surface area (Å²) in [4.78, 5) is 17.8. The molecule has 4 aromatic rings. The SMILES string of the molecule is O=C(NCc1ccc(C2OC(CSc3nc4ccccc4s3)CC(c3ccc(CO)cc3)O2)cc1)NC12CC3CC(CC(C3)C1)C2. The maximum Gasteiger partial charge on any atom is 0.315 e. The number of carbonyl (C=O) groups excluding carboxylic acids is 1. The van der Waals surface area contributed by atoms with Crippen LogP contribution in [-0.2, 0) is 22.6 Å². The van der Waals surface area contributed by atoms with E-state index in [0.29, 0.717) is 6.54 Å². The van der Waals surface area contributed by atoms with Gasteiger partial charge < -0.3 is 25.2 Å². The van der Waals surface area contributed by atoms with Gasteiger partial charge in [0.05, 0.1) is 29.0 Å². The Morgan fingerprint density at radius 2 is 1.54 bits per heavy atom. The first-order chi connectivity index (χ1) is 22.5. The van der Waals surface area contributed by atoms with E-state index < -0.39 is 6.29 Å². The Balaban J connectivity index is 0.916. The molecule has 4 bridgehead atoms. The quantitative estimate of drug-likeness (QED) is 0.159. The summed E-state index contributed by atoms with van der Waals surface area (Å²) in [6.07, 6.45) is 7.58. The summed E-state index contributed by atoms with van der Waals surface area (Å²) in [6.45, 7) is 0.496. The van der Waals surface area contributed by atoms with Crippen molar-refractivity contribution in [2.24, 2.45) is 17.8 Å². The summed E-state index contributed by atoms with van der Waals surface area (Å²) >= 11 is 3.45. The fourth-order valence-corrected chi connectivity index (χ4v) is 10.7. The van der Waals surface area contributed by atoms with Crippen molar-refractivity contribution >= 4 is 39.3 Å². The van der Waals surface area contributed by atoms with Crippen molar-refractivity contribution in [1.29, 1.82) is 0 Å². The molecule has 0 radical (unpaired) electrons. The zero-order valence-electron chi connectivity index (χ0n) is 25.9. The number of hydrogen-bond acceptors (Lipinski definition) is 7. The molecule has 1 aliphatic heterocycles. The van der Waals surface area contributed by atoms with Crippen molar-refractivity contribution in [3.05, 3.63) is 95.1 Å². The Hall–Kier alpha value is -2.95. The smallest absolute Gasteiger partial charge is 0.315 e. The third-order valence-electron chi connectivity index (χ3n) is 10.4. The van der Waals surface area contributed by atoms with E-state index in [-0.39, 0.29) is 30.4 Å². The van der Waals surface area contributed by atoms with Crippen LogP contribution in [0.2, 0.25) is 0 Å². The molecule has 5 fully saturated rings. The number of amides is 2. The molecule has 240 valence electrons. The van der Waals surface area contributed by atoms with Crippen LogP contribution in [-0.4, -0.2) is 33.5 Å². The van der Waals surface area contributed by atoms with Gasteiger partial charge in [-0.15, -0.1) is 11.3 Å². The highest BCUT2D eigenvalue weighted by Crippen LogP contribution is 2.55. The second kappa shape index (κ2) is 12.9. The number of hydrogen-bond donors (Lipinski definition) is 3. The number of aliphatic hydroxyl groups excluding tert-OH is 1. The van der Waals surface area contributed by atoms with Gasteiger partial charge in [0, 0.05) is 29.8 Å². The molecular weight excluding hydrogens is 615 g/mol. The van der Waals surface area contributed by atoms with Crippen molar-refractivity contribution in [3.63, 3.8) is 0 Å². The summed E-state index contributed by atoms with van der Waals surface area (Å²) in [5.74, 6) is 3.17. The van der Waals surface area contributed by atoms with E-state index in [1.165, 1.54) is 24.0 Å². The molecule has 3 N–H and O–H groups in total. The second-order valence-corrected chi connectivity index (χ2v) is 16.2. The van der Waals surface area contributed by atoms with Crippen LogP contribution in [0.5, 0.6) is 0 Å². The molecule has 1 aromatic heterocycles. The van der Waals surface area contributed by atoms with Crippen LogP contribution in [0.1, 0.15) is 79.6 Å². The standard InChI is InChI=1S/C37H41N3O4S2/c41-21-24-7-9-28(10-8-24)32-16-30(22-45-36-39-31-3-1-2-4-33(31)46-36)43-34(44-32)29-11-5-23(6-12-29)20-38-35(42)40-37-17-25-13-26(18-37)15-27(14-25)19-37/h1-12,25-27,30,32,34,41H,13-22H2,(H2,38,40,42). The maximum atomic E-state index is 13.0. The van der Waals surface area contributed by atoms with Crippen LogP contribution >= 0.6 is 23.1 Å². The molecule has 46 heavy (non-hydrogen) atoms. The van der Waals surface area contributed by atoms with E-state index >= 15 is 0 Å². The van der Waals surface area contributed by atoms with Gasteiger partial charge in [-0.3, -0.25) is 0 Å².